The number of aromatic nitrogens is 1. The van der Waals surface area contributed by atoms with Gasteiger partial charge in [-0.25, -0.2) is 0 Å². The third kappa shape index (κ3) is 3.85. The molecule has 8 nitrogen and oxygen atoms in total. The number of fused-ring (bicyclic) bond motifs is 3. The first-order valence-corrected chi connectivity index (χ1v) is 12.1. The summed E-state index contributed by atoms with van der Waals surface area (Å²) in [6.45, 7) is 4.52. The average Bonchev–Trinajstić information content (AvgIpc) is 3.50. The molecule has 5 atom stereocenters. The molecule has 3 aliphatic heterocycles. The Morgan fingerprint density at radius 2 is 1.88 bits per heavy atom. The van der Waals surface area contributed by atoms with Crippen LogP contribution in [0.15, 0.2) is 54.7 Å². The number of hydrogen-bond donors (Lipinski definition) is 3. The van der Waals surface area contributed by atoms with E-state index in [0.717, 1.165) is 43.1 Å². The highest BCUT2D eigenvalue weighted by molar-refractivity contribution is 5.82. The lowest BCUT2D eigenvalue weighted by atomic mass is 9.94. The standard InChI is InChI=1S/C26H32N4O4/c1-32-21-9-5-4-8-20(21)29-10-12-30(13-11-29)24-25(31)23(22-16-33-26(24)34-22)28-15-17-14-27-19-7-3-2-6-18(17)19/h2-9,14,22-28,31H,10-13,15-16H2,1H3/t22-,23-,24-,25+,26-/m1/s1. The number of aliphatic hydroxyl groups is 1. The van der Waals surface area contributed by atoms with Crippen molar-refractivity contribution in [3.05, 3.63) is 60.3 Å². The van der Waals surface area contributed by atoms with Gasteiger partial charge >= 0.3 is 0 Å². The number of anilines is 1. The van der Waals surface area contributed by atoms with Crippen LogP contribution in [0, 0.1) is 0 Å². The van der Waals surface area contributed by atoms with E-state index >= 15 is 0 Å². The lowest BCUT2D eigenvalue weighted by Gasteiger charge is -2.47. The van der Waals surface area contributed by atoms with Gasteiger partial charge in [-0.05, 0) is 23.8 Å². The van der Waals surface area contributed by atoms with Gasteiger partial charge in [-0.1, -0.05) is 30.3 Å². The van der Waals surface area contributed by atoms with Crippen LogP contribution in [-0.2, 0) is 16.0 Å². The summed E-state index contributed by atoms with van der Waals surface area (Å²) in [4.78, 5) is 7.99. The van der Waals surface area contributed by atoms with Crippen LogP contribution in [0.4, 0.5) is 5.69 Å². The van der Waals surface area contributed by atoms with Crippen molar-refractivity contribution in [2.45, 2.75) is 37.1 Å². The van der Waals surface area contributed by atoms with Gasteiger partial charge in [0.2, 0.25) is 0 Å². The van der Waals surface area contributed by atoms with Crippen LogP contribution in [0.3, 0.4) is 0 Å². The molecule has 2 bridgehead atoms. The summed E-state index contributed by atoms with van der Waals surface area (Å²) in [6, 6.07) is 16.0. The maximum atomic E-state index is 11.5. The maximum absolute atomic E-state index is 11.5. The molecule has 3 N–H and O–H groups in total. The number of ether oxygens (including phenoxy) is 3. The third-order valence-electron chi connectivity index (χ3n) is 7.50. The zero-order valence-corrected chi connectivity index (χ0v) is 19.4. The maximum Gasteiger partial charge on any atom is 0.176 e. The number of rotatable bonds is 6. The molecule has 34 heavy (non-hydrogen) atoms. The van der Waals surface area contributed by atoms with Crippen LogP contribution < -0.4 is 15.0 Å². The largest absolute Gasteiger partial charge is 0.495 e. The molecule has 3 aliphatic rings. The van der Waals surface area contributed by atoms with Crippen molar-refractivity contribution in [3.63, 3.8) is 0 Å². The van der Waals surface area contributed by atoms with E-state index in [9.17, 15) is 5.11 Å². The van der Waals surface area contributed by atoms with Gasteiger partial charge in [0.25, 0.3) is 0 Å². The first-order valence-electron chi connectivity index (χ1n) is 12.1. The molecule has 6 rings (SSSR count). The minimum atomic E-state index is -0.575. The quantitative estimate of drug-likeness (QED) is 0.514. The van der Waals surface area contributed by atoms with Crippen LogP contribution in [0.1, 0.15) is 5.56 Å². The Morgan fingerprint density at radius 1 is 1.09 bits per heavy atom. The normalized spacial score (nSPS) is 29.6. The van der Waals surface area contributed by atoms with Crippen molar-refractivity contribution in [3.8, 4) is 5.75 Å². The van der Waals surface area contributed by atoms with Crippen molar-refractivity contribution in [1.82, 2.24) is 15.2 Å². The van der Waals surface area contributed by atoms with E-state index in [1.54, 1.807) is 7.11 Å². The molecule has 2 aromatic carbocycles. The summed E-state index contributed by atoms with van der Waals surface area (Å²) in [6.07, 6.45) is 0.936. The molecular formula is C26H32N4O4. The molecule has 0 aliphatic carbocycles. The smallest absolute Gasteiger partial charge is 0.176 e. The molecule has 0 spiro atoms. The van der Waals surface area contributed by atoms with E-state index < -0.39 is 6.10 Å². The monoisotopic (exact) mass is 464 g/mol. The summed E-state index contributed by atoms with van der Waals surface area (Å²) in [5.74, 6) is 0.889. The Balaban J connectivity index is 1.14. The van der Waals surface area contributed by atoms with E-state index in [1.165, 1.54) is 10.9 Å². The van der Waals surface area contributed by atoms with E-state index in [2.05, 4.69) is 38.3 Å². The van der Waals surface area contributed by atoms with E-state index in [1.807, 2.05) is 36.5 Å². The molecule has 180 valence electrons. The molecule has 0 saturated carbocycles. The summed E-state index contributed by atoms with van der Waals surface area (Å²) in [7, 11) is 1.71. The van der Waals surface area contributed by atoms with Gasteiger partial charge in [0.15, 0.2) is 6.29 Å². The first-order chi connectivity index (χ1) is 16.7. The van der Waals surface area contributed by atoms with Gasteiger partial charge in [-0.3, -0.25) is 4.90 Å². The second kappa shape index (κ2) is 9.20. The van der Waals surface area contributed by atoms with Gasteiger partial charge in [-0.15, -0.1) is 0 Å². The minimum Gasteiger partial charge on any atom is -0.495 e. The number of aliphatic hydroxyl groups excluding tert-OH is 1. The predicted octanol–water partition coefficient (Wildman–Crippen LogP) is 1.94. The molecule has 3 fully saturated rings. The van der Waals surface area contributed by atoms with Gasteiger partial charge in [0.1, 0.15) is 11.9 Å². The van der Waals surface area contributed by atoms with Crippen LogP contribution in [-0.4, -0.2) is 85.5 Å². The first kappa shape index (κ1) is 21.9. The Labute approximate surface area is 199 Å². The highest BCUT2D eigenvalue weighted by Gasteiger charge is 2.52. The van der Waals surface area contributed by atoms with Crippen LogP contribution >= 0.6 is 0 Å². The van der Waals surface area contributed by atoms with Crippen LogP contribution in [0.5, 0.6) is 5.75 Å². The zero-order valence-electron chi connectivity index (χ0n) is 19.4. The number of hydrogen-bond acceptors (Lipinski definition) is 7. The number of nitrogens with one attached hydrogen (secondary N) is 2. The second-order valence-corrected chi connectivity index (χ2v) is 9.32. The molecule has 1 aromatic heterocycles. The minimum absolute atomic E-state index is 0.142. The van der Waals surface area contributed by atoms with E-state index in [0.29, 0.717) is 13.2 Å². The molecule has 4 heterocycles. The van der Waals surface area contributed by atoms with Crippen molar-refractivity contribution < 1.29 is 19.3 Å². The van der Waals surface area contributed by atoms with Crippen molar-refractivity contribution in [2.75, 3.05) is 44.8 Å². The van der Waals surface area contributed by atoms with Crippen molar-refractivity contribution >= 4 is 16.6 Å². The summed E-state index contributed by atoms with van der Waals surface area (Å²) < 4.78 is 17.8. The second-order valence-electron chi connectivity index (χ2n) is 9.32. The highest BCUT2D eigenvalue weighted by Crippen LogP contribution is 2.34. The Morgan fingerprint density at radius 3 is 2.74 bits per heavy atom. The number of nitrogens with zero attached hydrogens (tertiary/aromatic N) is 2. The van der Waals surface area contributed by atoms with Crippen molar-refractivity contribution in [1.29, 1.82) is 0 Å². The Kier molecular flexibility index (Phi) is 5.92. The summed E-state index contributed by atoms with van der Waals surface area (Å²) in [5.41, 5.74) is 3.42. The van der Waals surface area contributed by atoms with Gasteiger partial charge in [0.05, 0.1) is 37.6 Å². The Hall–Kier alpha value is -2.62. The fourth-order valence-corrected chi connectivity index (χ4v) is 5.70. The van der Waals surface area contributed by atoms with E-state index in [4.69, 9.17) is 14.2 Å². The number of aromatic amines is 1. The zero-order chi connectivity index (χ0) is 23.1. The SMILES string of the molecule is COc1ccccc1N1CCN([C@H]2[C@@H]3OC[C@@H](O3)[C@@H](NCc3c[nH]c4ccccc34)[C@@H]2O)CC1. The Bertz CT molecular complexity index is 1130. The number of piperazine rings is 1. The molecule has 0 radical (unpaired) electrons. The lowest BCUT2D eigenvalue weighted by Crippen LogP contribution is -2.66. The molecule has 8 heteroatoms. The average molecular weight is 465 g/mol. The summed E-state index contributed by atoms with van der Waals surface area (Å²) in [5, 5.41) is 16.2. The number of H-pyrrole nitrogens is 1. The van der Waals surface area contributed by atoms with Gasteiger partial charge in [0, 0.05) is 49.8 Å². The molecule has 0 amide bonds. The van der Waals surface area contributed by atoms with Gasteiger partial charge in [-0.2, -0.15) is 0 Å². The predicted molar refractivity (Wildman–Crippen MR) is 130 cm³/mol. The van der Waals surface area contributed by atoms with E-state index in [-0.39, 0.29) is 24.5 Å². The summed E-state index contributed by atoms with van der Waals surface area (Å²) >= 11 is 0. The topological polar surface area (TPSA) is 82.2 Å². The van der Waals surface area contributed by atoms with Crippen LogP contribution in [0.2, 0.25) is 0 Å². The molecule has 3 aromatic rings. The fourth-order valence-electron chi connectivity index (χ4n) is 5.70. The third-order valence-corrected chi connectivity index (χ3v) is 7.50. The lowest BCUT2D eigenvalue weighted by molar-refractivity contribution is -0.183. The van der Waals surface area contributed by atoms with Crippen LogP contribution in [0.25, 0.3) is 10.9 Å². The molecule has 0 unspecified atom stereocenters. The molecule has 3 saturated heterocycles. The van der Waals surface area contributed by atoms with Crippen molar-refractivity contribution in [2.24, 2.45) is 0 Å². The number of methoxy groups -OCH3 is 1. The molecular weight excluding hydrogens is 432 g/mol. The number of benzene rings is 2. The number of para-hydroxylation sites is 3. The highest BCUT2D eigenvalue weighted by atomic mass is 16.7. The fraction of sp³-hybridized carbons (Fsp3) is 0.462. The van der Waals surface area contributed by atoms with Gasteiger partial charge < -0.3 is 34.5 Å².